The van der Waals surface area contributed by atoms with Crippen molar-refractivity contribution in [1.82, 2.24) is 0 Å². The molecule has 0 radical (unpaired) electrons. The molecule has 5 aromatic carbocycles. The first-order valence-corrected chi connectivity index (χ1v) is 15.9. The highest BCUT2D eigenvalue weighted by Gasteiger charge is 2.30. The van der Waals surface area contributed by atoms with E-state index in [1.54, 1.807) is 0 Å². The molecule has 0 unspecified atom stereocenters. The summed E-state index contributed by atoms with van der Waals surface area (Å²) in [6, 6.07) is 49.5. The lowest BCUT2D eigenvalue weighted by Gasteiger charge is -2.30. The molecule has 0 atom stereocenters. The molecule has 0 heterocycles. The standard InChI is InChI=1S/C40H43S/c1-38(2,3)30-18-20-31(21-19-30)39(4,5)32-22-24-33(25-23-32)40(6,7)34-26-28-37(29-27-34)41(35-14-10-8-11-15-35)36-16-12-9-13-17-36/h8-29H,1-7H3/q+1. The van der Waals surface area contributed by atoms with Crippen LogP contribution >= 0.6 is 0 Å². The minimum absolute atomic E-state index is 0.0639. The molecule has 0 aliphatic rings. The zero-order chi connectivity index (χ0) is 29.3. The van der Waals surface area contributed by atoms with Crippen molar-refractivity contribution in [3.63, 3.8) is 0 Å². The third-order valence-electron chi connectivity index (χ3n) is 8.57. The zero-order valence-corrected chi connectivity index (χ0v) is 26.4. The molecule has 0 fully saturated rings. The van der Waals surface area contributed by atoms with Crippen LogP contribution in [0.5, 0.6) is 0 Å². The van der Waals surface area contributed by atoms with Gasteiger partial charge in [-0.1, -0.05) is 146 Å². The van der Waals surface area contributed by atoms with Crippen LogP contribution < -0.4 is 0 Å². The summed E-state index contributed by atoms with van der Waals surface area (Å²) in [4.78, 5) is 4.03. The third-order valence-corrected chi connectivity index (χ3v) is 10.8. The molecule has 5 aromatic rings. The van der Waals surface area contributed by atoms with E-state index in [9.17, 15) is 0 Å². The van der Waals surface area contributed by atoms with Gasteiger partial charge in [0.05, 0.1) is 10.9 Å². The van der Waals surface area contributed by atoms with Crippen molar-refractivity contribution in [3.8, 4) is 0 Å². The Morgan fingerprint density at radius 2 is 0.585 bits per heavy atom. The highest BCUT2D eigenvalue weighted by molar-refractivity contribution is 7.97. The van der Waals surface area contributed by atoms with Crippen LogP contribution in [0.4, 0.5) is 0 Å². The molecule has 208 valence electrons. The fourth-order valence-electron chi connectivity index (χ4n) is 5.55. The average molecular weight is 556 g/mol. The Labute approximate surface area is 250 Å². The summed E-state index contributed by atoms with van der Waals surface area (Å²) in [6.07, 6.45) is 0. The molecule has 0 amide bonds. The minimum atomic E-state index is -0.132. The fraction of sp³-hybridized carbons (Fsp3) is 0.250. The monoisotopic (exact) mass is 555 g/mol. The molecule has 5 rings (SSSR count). The van der Waals surface area contributed by atoms with Gasteiger partial charge in [0.1, 0.15) is 0 Å². The SMILES string of the molecule is CC(C)(C)c1ccc(C(C)(C)c2ccc(C(C)(C)c3ccc([S+](c4ccccc4)c4ccccc4)cc3)cc2)cc1. The van der Waals surface area contributed by atoms with Crippen molar-refractivity contribution in [2.45, 2.75) is 79.4 Å². The van der Waals surface area contributed by atoms with E-state index >= 15 is 0 Å². The van der Waals surface area contributed by atoms with Gasteiger partial charge >= 0.3 is 0 Å². The van der Waals surface area contributed by atoms with Gasteiger partial charge in [-0.2, -0.15) is 0 Å². The second-order valence-corrected chi connectivity index (χ2v) is 15.1. The first kappa shape index (κ1) is 29.0. The Morgan fingerprint density at radius 3 is 0.902 bits per heavy atom. The molecule has 0 aliphatic heterocycles. The molecular weight excluding hydrogens is 513 g/mol. The van der Waals surface area contributed by atoms with E-state index in [2.05, 4.69) is 182 Å². The topological polar surface area (TPSA) is 0 Å². The van der Waals surface area contributed by atoms with Gasteiger partial charge in [-0.3, -0.25) is 0 Å². The maximum atomic E-state index is 2.33. The van der Waals surface area contributed by atoms with Crippen molar-refractivity contribution in [3.05, 3.63) is 161 Å². The smallest absolute Gasteiger partial charge is 0.0619 e. The van der Waals surface area contributed by atoms with E-state index in [0.717, 1.165) is 0 Å². The van der Waals surface area contributed by atoms with Gasteiger partial charge in [0.2, 0.25) is 0 Å². The van der Waals surface area contributed by atoms with Crippen molar-refractivity contribution in [1.29, 1.82) is 0 Å². The van der Waals surface area contributed by atoms with Crippen LogP contribution in [0.3, 0.4) is 0 Å². The Hall–Kier alpha value is -3.55. The molecule has 0 bridgehead atoms. The van der Waals surface area contributed by atoms with E-state index in [1.165, 1.54) is 42.5 Å². The van der Waals surface area contributed by atoms with Crippen molar-refractivity contribution in [2.24, 2.45) is 0 Å². The first-order valence-electron chi connectivity index (χ1n) is 14.6. The van der Waals surface area contributed by atoms with Crippen LogP contribution in [0.1, 0.15) is 76.3 Å². The predicted molar refractivity (Wildman–Crippen MR) is 177 cm³/mol. The lowest BCUT2D eigenvalue weighted by atomic mass is 9.74. The van der Waals surface area contributed by atoms with E-state index in [0.29, 0.717) is 0 Å². The Kier molecular flexibility index (Phi) is 8.04. The van der Waals surface area contributed by atoms with Crippen LogP contribution in [0.25, 0.3) is 0 Å². The van der Waals surface area contributed by atoms with Gasteiger partial charge in [-0.15, -0.1) is 0 Å². The van der Waals surface area contributed by atoms with Crippen LogP contribution in [-0.2, 0) is 27.1 Å². The van der Waals surface area contributed by atoms with Gasteiger partial charge in [-0.25, -0.2) is 0 Å². The van der Waals surface area contributed by atoms with Crippen molar-refractivity contribution < 1.29 is 0 Å². The molecule has 0 aliphatic carbocycles. The van der Waals surface area contributed by atoms with Gasteiger partial charge in [0, 0.05) is 10.8 Å². The molecule has 0 nitrogen and oxygen atoms in total. The molecule has 41 heavy (non-hydrogen) atoms. The van der Waals surface area contributed by atoms with Crippen LogP contribution in [0.15, 0.2) is 148 Å². The first-order chi connectivity index (χ1) is 19.5. The summed E-state index contributed by atoms with van der Waals surface area (Å²) in [5.74, 6) is 0. The molecule has 0 saturated carbocycles. The summed E-state index contributed by atoms with van der Waals surface area (Å²) < 4.78 is 0. The van der Waals surface area contributed by atoms with E-state index in [-0.39, 0.29) is 27.1 Å². The Bertz CT molecular complexity index is 1510. The summed E-state index contributed by atoms with van der Waals surface area (Å²) in [5.41, 5.74) is 6.72. The van der Waals surface area contributed by atoms with E-state index in [4.69, 9.17) is 0 Å². The van der Waals surface area contributed by atoms with Gasteiger partial charge in [-0.05, 0) is 69.6 Å². The average Bonchev–Trinajstić information content (AvgIpc) is 2.98. The second-order valence-electron chi connectivity index (χ2n) is 13.1. The Balaban J connectivity index is 1.40. The Morgan fingerprint density at radius 1 is 0.317 bits per heavy atom. The molecule has 1 heteroatoms. The maximum Gasteiger partial charge on any atom is 0.166 e. The highest BCUT2D eigenvalue weighted by atomic mass is 32.2. The number of benzene rings is 5. The lowest BCUT2D eigenvalue weighted by Crippen LogP contribution is -2.22. The third kappa shape index (κ3) is 6.07. The quantitative estimate of drug-likeness (QED) is 0.175. The van der Waals surface area contributed by atoms with Crippen LogP contribution in [0, 0.1) is 0 Å². The number of rotatable bonds is 7. The van der Waals surface area contributed by atoms with E-state index < -0.39 is 0 Å². The summed E-state index contributed by atoms with van der Waals surface area (Å²) >= 11 is 0. The molecule has 0 spiro atoms. The van der Waals surface area contributed by atoms with Crippen LogP contribution in [-0.4, -0.2) is 0 Å². The van der Waals surface area contributed by atoms with Gasteiger partial charge < -0.3 is 0 Å². The second kappa shape index (κ2) is 11.4. The normalized spacial score (nSPS) is 12.5. The maximum absolute atomic E-state index is 2.33. The molecule has 0 saturated heterocycles. The number of hydrogen-bond donors (Lipinski definition) is 0. The molecule has 0 N–H and O–H groups in total. The lowest BCUT2D eigenvalue weighted by molar-refractivity contribution is 0.587. The highest BCUT2D eigenvalue weighted by Crippen LogP contribution is 2.38. The predicted octanol–water partition coefficient (Wildman–Crippen LogP) is 10.7. The van der Waals surface area contributed by atoms with Crippen molar-refractivity contribution >= 4 is 10.9 Å². The largest absolute Gasteiger partial charge is 0.166 e. The summed E-state index contributed by atoms with van der Waals surface area (Å²) in [6.45, 7) is 16.1. The summed E-state index contributed by atoms with van der Waals surface area (Å²) in [7, 11) is -0.132. The zero-order valence-electron chi connectivity index (χ0n) is 25.6. The van der Waals surface area contributed by atoms with Crippen LogP contribution in [0.2, 0.25) is 0 Å². The van der Waals surface area contributed by atoms with Crippen molar-refractivity contribution in [2.75, 3.05) is 0 Å². The van der Waals surface area contributed by atoms with Gasteiger partial charge in [0.25, 0.3) is 0 Å². The summed E-state index contributed by atoms with van der Waals surface area (Å²) in [5, 5.41) is 0. The van der Waals surface area contributed by atoms with E-state index in [1.807, 2.05) is 0 Å². The minimum Gasteiger partial charge on any atom is -0.0619 e. The number of hydrogen-bond acceptors (Lipinski definition) is 0. The molecular formula is C40H43S+. The molecule has 0 aromatic heterocycles. The van der Waals surface area contributed by atoms with Gasteiger partial charge in [0.15, 0.2) is 14.7 Å². The fourth-order valence-corrected chi connectivity index (χ4v) is 7.64.